The highest BCUT2D eigenvalue weighted by atomic mass is 16.5. The lowest BCUT2D eigenvalue weighted by Gasteiger charge is -2.16. The van der Waals surface area contributed by atoms with Crippen molar-refractivity contribution < 1.29 is 14.3 Å². The van der Waals surface area contributed by atoms with Gasteiger partial charge in [0.15, 0.2) is 0 Å². The topological polar surface area (TPSA) is 68.3 Å². The van der Waals surface area contributed by atoms with Crippen molar-refractivity contribution in [1.29, 1.82) is 0 Å². The number of hydrogen-bond acceptors (Lipinski definition) is 4. The van der Waals surface area contributed by atoms with Crippen LogP contribution < -0.4 is 5.32 Å². The zero-order valence-corrected chi connectivity index (χ0v) is 12.6. The fraction of sp³-hybridized carbons (Fsp3) is 0.235. The van der Waals surface area contributed by atoms with Gasteiger partial charge in [0.1, 0.15) is 6.04 Å². The molecule has 0 aliphatic carbocycles. The van der Waals surface area contributed by atoms with Crippen LogP contribution in [0.2, 0.25) is 0 Å². The van der Waals surface area contributed by atoms with Crippen molar-refractivity contribution >= 4 is 22.8 Å². The third kappa shape index (κ3) is 3.69. The van der Waals surface area contributed by atoms with Gasteiger partial charge in [0.2, 0.25) is 0 Å². The van der Waals surface area contributed by atoms with Crippen LogP contribution in [0.15, 0.2) is 48.7 Å². The van der Waals surface area contributed by atoms with E-state index in [9.17, 15) is 9.59 Å². The van der Waals surface area contributed by atoms with E-state index in [1.165, 1.54) is 13.3 Å². The first kappa shape index (κ1) is 15.7. The predicted molar refractivity (Wildman–Crippen MR) is 84.4 cm³/mol. The zero-order chi connectivity index (χ0) is 16.1. The number of carbonyl (C=O) groups is 2. The highest BCUT2D eigenvalue weighted by molar-refractivity contribution is 5.99. The molecule has 0 fully saturated rings. The molecule has 1 atom stereocenters. The Kier molecular flexibility index (Phi) is 4.88. The van der Waals surface area contributed by atoms with E-state index in [-0.39, 0.29) is 5.91 Å². The zero-order valence-electron chi connectivity index (χ0n) is 12.6. The normalized spacial score (nSPS) is 11.7. The van der Waals surface area contributed by atoms with Gasteiger partial charge in [0.05, 0.1) is 18.2 Å². The molecule has 2 aromatic rings. The van der Waals surface area contributed by atoms with Crippen LogP contribution in [0.25, 0.3) is 10.9 Å². The number of hydrogen-bond donors (Lipinski definition) is 1. The Morgan fingerprint density at radius 3 is 2.77 bits per heavy atom. The Labute approximate surface area is 129 Å². The molecule has 5 nitrogen and oxygen atoms in total. The Morgan fingerprint density at radius 2 is 2.09 bits per heavy atom. The molecular formula is C17H18N2O3. The minimum Gasteiger partial charge on any atom is -0.467 e. The quantitative estimate of drug-likeness (QED) is 0.680. The number of pyridine rings is 1. The first-order chi connectivity index (χ1) is 10.5. The molecule has 1 heterocycles. The smallest absolute Gasteiger partial charge is 0.328 e. The van der Waals surface area contributed by atoms with Crippen LogP contribution in [0.4, 0.5) is 0 Å². The van der Waals surface area contributed by atoms with Crippen molar-refractivity contribution in [1.82, 2.24) is 10.3 Å². The van der Waals surface area contributed by atoms with Gasteiger partial charge >= 0.3 is 5.97 Å². The molecule has 1 aromatic heterocycles. The maximum Gasteiger partial charge on any atom is 0.328 e. The van der Waals surface area contributed by atoms with Crippen LogP contribution in [-0.2, 0) is 9.53 Å². The summed E-state index contributed by atoms with van der Waals surface area (Å²) in [6.45, 7) is 5.55. The summed E-state index contributed by atoms with van der Waals surface area (Å²) in [5.74, 6) is -0.861. The minimum atomic E-state index is -0.749. The second-order valence-corrected chi connectivity index (χ2v) is 5.13. The Morgan fingerprint density at radius 1 is 1.36 bits per heavy atom. The van der Waals surface area contributed by atoms with Gasteiger partial charge in [-0.3, -0.25) is 9.78 Å². The molecule has 0 saturated heterocycles. The van der Waals surface area contributed by atoms with Gasteiger partial charge in [-0.25, -0.2) is 4.79 Å². The second kappa shape index (κ2) is 6.85. The van der Waals surface area contributed by atoms with Gasteiger partial charge < -0.3 is 10.1 Å². The van der Waals surface area contributed by atoms with Crippen molar-refractivity contribution in [2.75, 3.05) is 7.11 Å². The molecule has 0 aliphatic heterocycles. The lowest BCUT2D eigenvalue weighted by molar-refractivity contribution is -0.142. The van der Waals surface area contributed by atoms with Gasteiger partial charge in [-0.2, -0.15) is 0 Å². The maximum atomic E-state index is 12.3. The summed E-state index contributed by atoms with van der Waals surface area (Å²) < 4.78 is 4.71. The first-order valence-electron chi connectivity index (χ1n) is 6.89. The van der Waals surface area contributed by atoms with Crippen LogP contribution in [0.1, 0.15) is 23.7 Å². The van der Waals surface area contributed by atoms with E-state index in [2.05, 4.69) is 16.9 Å². The average Bonchev–Trinajstić information content (AvgIpc) is 2.52. The van der Waals surface area contributed by atoms with E-state index in [1.54, 1.807) is 13.0 Å². The SMILES string of the molecule is C=C(C)C[C@H](NC(=O)c1cnc2ccccc2c1)C(=O)OC. The van der Waals surface area contributed by atoms with Crippen LogP contribution in [-0.4, -0.2) is 30.0 Å². The van der Waals surface area contributed by atoms with Crippen molar-refractivity contribution in [2.45, 2.75) is 19.4 Å². The number of amides is 1. The third-order valence-corrected chi connectivity index (χ3v) is 3.20. The fourth-order valence-corrected chi connectivity index (χ4v) is 2.12. The van der Waals surface area contributed by atoms with E-state index < -0.39 is 12.0 Å². The summed E-state index contributed by atoms with van der Waals surface area (Å²) >= 11 is 0. The standard InChI is InChI=1S/C17H18N2O3/c1-11(2)8-15(17(21)22-3)19-16(20)13-9-12-6-4-5-7-14(12)18-10-13/h4-7,9-10,15H,1,8H2,2-3H3,(H,19,20)/t15-/m0/s1. The van der Waals surface area contributed by atoms with Crippen molar-refractivity contribution in [2.24, 2.45) is 0 Å². The van der Waals surface area contributed by atoms with E-state index in [4.69, 9.17) is 4.74 Å². The molecule has 5 heteroatoms. The Bertz CT molecular complexity index is 725. The number of ether oxygens (including phenoxy) is 1. The number of nitrogens with zero attached hydrogens (tertiary/aromatic N) is 1. The summed E-state index contributed by atoms with van der Waals surface area (Å²) in [5, 5.41) is 3.53. The number of carbonyl (C=O) groups excluding carboxylic acids is 2. The van der Waals surface area contributed by atoms with Crippen LogP contribution in [0.5, 0.6) is 0 Å². The molecule has 0 aliphatic rings. The monoisotopic (exact) mass is 298 g/mol. The predicted octanol–water partition coefficient (Wildman–Crippen LogP) is 2.47. The van der Waals surface area contributed by atoms with E-state index in [1.807, 2.05) is 24.3 Å². The molecule has 1 N–H and O–H groups in total. The lowest BCUT2D eigenvalue weighted by atomic mass is 10.1. The number of fused-ring (bicyclic) bond motifs is 1. The maximum absolute atomic E-state index is 12.3. The molecule has 0 saturated carbocycles. The molecule has 0 spiro atoms. The summed E-state index contributed by atoms with van der Waals surface area (Å²) in [6, 6.07) is 8.51. The lowest BCUT2D eigenvalue weighted by Crippen LogP contribution is -2.41. The molecule has 0 radical (unpaired) electrons. The van der Waals surface area contributed by atoms with Crippen molar-refractivity contribution in [3.8, 4) is 0 Å². The van der Waals surface area contributed by atoms with Crippen molar-refractivity contribution in [3.63, 3.8) is 0 Å². The number of aromatic nitrogens is 1. The fourth-order valence-electron chi connectivity index (χ4n) is 2.12. The molecule has 1 aromatic carbocycles. The van der Waals surface area contributed by atoms with Crippen LogP contribution >= 0.6 is 0 Å². The summed E-state index contributed by atoms with van der Waals surface area (Å²) in [4.78, 5) is 28.3. The van der Waals surface area contributed by atoms with Gasteiger partial charge in [-0.1, -0.05) is 23.8 Å². The second-order valence-electron chi connectivity index (χ2n) is 5.13. The molecule has 0 bridgehead atoms. The molecule has 22 heavy (non-hydrogen) atoms. The summed E-state index contributed by atoms with van der Waals surface area (Å²) in [7, 11) is 1.29. The highest BCUT2D eigenvalue weighted by Crippen LogP contribution is 2.13. The van der Waals surface area contributed by atoms with Crippen molar-refractivity contribution in [3.05, 3.63) is 54.2 Å². The number of nitrogens with one attached hydrogen (secondary N) is 1. The van der Waals surface area contributed by atoms with Gasteiger partial charge in [0.25, 0.3) is 5.91 Å². The van der Waals surface area contributed by atoms with Gasteiger partial charge in [-0.15, -0.1) is 6.58 Å². The van der Waals surface area contributed by atoms with E-state index in [0.29, 0.717) is 12.0 Å². The van der Waals surface area contributed by atoms with Gasteiger partial charge in [-0.05, 0) is 25.5 Å². The number of esters is 1. The summed E-state index contributed by atoms with van der Waals surface area (Å²) in [6.07, 6.45) is 1.83. The number of rotatable bonds is 5. The number of para-hydroxylation sites is 1. The van der Waals surface area contributed by atoms with E-state index >= 15 is 0 Å². The Balaban J connectivity index is 2.20. The number of methoxy groups -OCH3 is 1. The highest BCUT2D eigenvalue weighted by Gasteiger charge is 2.22. The minimum absolute atomic E-state index is 0.333. The summed E-state index contributed by atoms with van der Waals surface area (Å²) in [5.41, 5.74) is 1.99. The van der Waals surface area contributed by atoms with E-state index in [0.717, 1.165) is 16.5 Å². The average molecular weight is 298 g/mol. The third-order valence-electron chi connectivity index (χ3n) is 3.20. The van der Waals surface area contributed by atoms with Crippen LogP contribution in [0, 0.1) is 0 Å². The molecular weight excluding hydrogens is 280 g/mol. The molecule has 2 rings (SSSR count). The molecule has 0 unspecified atom stereocenters. The molecule has 114 valence electrons. The largest absolute Gasteiger partial charge is 0.467 e. The van der Waals surface area contributed by atoms with Crippen LogP contribution in [0.3, 0.4) is 0 Å². The first-order valence-corrected chi connectivity index (χ1v) is 6.89. The van der Waals surface area contributed by atoms with Gasteiger partial charge in [0, 0.05) is 11.6 Å². The Hall–Kier alpha value is -2.69. The number of benzene rings is 1. The molecule has 1 amide bonds.